The van der Waals surface area contributed by atoms with Crippen LogP contribution in [0.3, 0.4) is 0 Å². The second-order valence-electron chi connectivity index (χ2n) is 5.77. The molecular weight excluding hydrogens is 400 g/mol. The third-order valence-electron chi connectivity index (χ3n) is 3.84. The van der Waals surface area contributed by atoms with Gasteiger partial charge in [0.15, 0.2) is 0 Å². The molecule has 7 nitrogen and oxygen atoms in total. The molecule has 2 aromatic carbocycles. The van der Waals surface area contributed by atoms with Crippen LogP contribution in [0.5, 0.6) is 0 Å². The van der Waals surface area contributed by atoms with Gasteiger partial charge in [-0.1, -0.05) is 29.8 Å². The number of sulfonamides is 1. The zero-order valence-corrected chi connectivity index (χ0v) is 15.9. The van der Waals surface area contributed by atoms with Crippen LogP contribution in [0, 0.1) is 0 Å². The maximum absolute atomic E-state index is 12.7. The molecule has 0 atom stereocenters. The molecule has 0 unspecified atom stereocenters. The van der Waals surface area contributed by atoms with Crippen LogP contribution in [-0.4, -0.2) is 23.6 Å². The molecule has 0 fully saturated rings. The number of nitrogens with one attached hydrogen (secondary N) is 1. The standard InChI is InChI=1S/C19H13ClN4O3S/c20-17-9-8-15(28(25,26)24-14-7-4-10-21-12-14)11-16(17)19-23-22-18(27-19)13-5-2-1-3-6-13/h1-12,24H. The number of anilines is 1. The minimum atomic E-state index is -3.84. The summed E-state index contributed by atoms with van der Waals surface area (Å²) in [6, 6.07) is 16.7. The lowest BCUT2D eigenvalue weighted by atomic mass is 10.2. The molecule has 0 saturated heterocycles. The second kappa shape index (κ2) is 7.41. The molecule has 4 rings (SSSR count). The summed E-state index contributed by atoms with van der Waals surface area (Å²) in [6.45, 7) is 0. The minimum absolute atomic E-state index is 0.00946. The van der Waals surface area contributed by atoms with Crippen molar-refractivity contribution in [2.24, 2.45) is 0 Å². The van der Waals surface area contributed by atoms with Crippen LogP contribution in [0.4, 0.5) is 5.69 Å². The number of nitrogens with zero attached hydrogens (tertiary/aromatic N) is 3. The van der Waals surface area contributed by atoms with Crippen LogP contribution in [-0.2, 0) is 10.0 Å². The molecule has 0 amide bonds. The first-order chi connectivity index (χ1) is 13.5. The van der Waals surface area contributed by atoms with Gasteiger partial charge in [0.2, 0.25) is 11.8 Å². The fourth-order valence-electron chi connectivity index (χ4n) is 2.50. The highest BCUT2D eigenvalue weighted by Gasteiger charge is 2.20. The van der Waals surface area contributed by atoms with E-state index in [1.165, 1.54) is 24.4 Å². The average Bonchev–Trinajstić information content (AvgIpc) is 3.19. The Balaban J connectivity index is 1.69. The monoisotopic (exact) mass is 412 g/mol. The summed E-state index contributed by atoms with van der Waals surface area (Å²) in [5.41, 5.74) is 1.42. The SMILES string of the molecule is O=S(=O)(Nc1cccnc1)c1ccc(Cl)c(-c2nnc(-c3ccccc3)o2)c1. The Kier molecular flexibility index (Phi) is 4.81. The zero-order valence-electron chi connectivity index (χ0n) is 14.3. The highest BCUT2D eigenvalue weighted by Crippen LogP contribution is 2.31. The van der Waals surface area contributed by atoms with E-state index in [0.29, 0.717) is 22.2 Å². The molecule has 0 spiro atoms. The minimum Gasteiger partial charge on any atom is -0.416 e. The first-order valence-electron chi connectivity index (χ1n) is 8.15. The predicted molar refractivity (Wildman–Crippen MR) is 105 cm³/mol. The maximum Gasteiger partial charge on any atom is 0.261 e. The lowest BCUT2D eigenvalue weighted by Crippen LogP contribution is -2.13. The Morgan fingerprint density at radius 2 is 1.71 bits per heavy atom. The lowest BCUT2D eigenvalue weighted by Gasteiger charge is -2.09. The van der Waals surface area contributed by atoms with Crippen molar-refractivity contribution in [1.29, 1.82) is 0 Å². The van der Waals surface area contributed by atoms with Gasteiger partial charge in [0.05, 0.1) is 27.4 Å². The van der Waals surface area contributed by atoms with E-state index in [2.05, 4.69) is 19.9 Å². The van der Waals surface area contributed by atoms with Crippen molar-refractivity contribution >= 4 is 27.3 Å². The smallest absolute Gasteiger partial charge is 0.261 e. The molecule has 4 aromatic rings. The van der Waals surface area contributed by atoms with E-state index >= 15 is 0 Å². The van der Waals surface area contributed by atoms with Crippen LogP contribution < -0.4 is 4.72 Å². The van der Waals surface area contributed by atoms with Crippen molar-refractivity contribution in [2.75, 3.05) is 4.72 Å². The van der Waals surface area contributed by atoms with E-state index in [-0.39, 0.29) is 10.8 Å². The normalized spacial score (nSPS) is 11.3. The van der Waals surface area contributed by atoms with E-state index in [1.807, 2.05) is 30.3 Å². The molecule has 0 aliphatic rings. The Morgan fingerprint density at radius 3 is 2.46 bits per heavy atom. The van der Waals surface area contributed by atoms with E-state index in [1.54, 1.807) is 18.3 Å². The molecule has 0 bridgehead atoms. The van der Waals surface area contributed by atoms with Gasteiger partial charge < -0.3 is 4.42 Å². The fraction of sp³-hybridized carbons (Fsp3) is 0. The molecule has 0 saturated carbocycles. The zero-order chi connectivity index (χ0) is 19.6. The summed E-state index contributed by atoms with van der Waals surface area (Å²) in [4.78, 5) is 3.90. The topological polar surface area (TPSA) is 98.0 Å². The number of rotatable bonds is 5. The first-order valence-corrected chi connectivity index (χ1v) is 10.0. The molecule has 9 heteroatoms. The van der Waals surface area contributed by atoms with Gasteiger partial charge in [0.25, 0.3) is 10.0 Å². The summed E-state index contributed by atoms with van der Waals surface area (Å²) < 4.78 is 33.5. The summed E-state index contributed by atoms with van der Waals surface area (Å²) in [5.74, 6) is 0.440. The second-order valence-corrected chi connectivity index (χ2v) is 7.86. The van der Waals surface area contributed by atoms with Gasteiger partial charge in [-0.15, -0.1) is 10.2 Å². The van der Waals surface area contributed by atoms with Gasteiger partial charge in [0.1, 0.15) is 0 Å². The largest absolute Gasteiger partial charge is 0.416 e. The van der Waals surface area contributed by atoms with Gasteiger partial charge in [-0.3, -0.25) is 9.71 Å². The molecule has 1 N–H and O–H groups in total. The van der Waals surface area contributed by atoms with Crippen LogP contribution in [0.15, 0.2) is 82.4 Å². The van der Waals surface area contributed by atoms with Crippen molar-refractivity contribution in [3.63, 3.8) is 0 Å². The molecule has 0 radical (unpaired) electrons. The Labute approximate surface area is 166 Å². The molecule has 0 aliphatic carbocycles. The number of benzene rings is 2. The van der Waals surface area contributed by atoms with Crippen molar-refractivity contribution in [1.82, 2.24) is 15.2 Å². The van der Waals surface area contributed by atoms with Gasteiger partial charge in [-0.05, 0) is 42.5 Å². The molecule has 2 aromatic heterocycles. The Hall–Kier alpha value is -3.23. The summed E-state index contributed by atoms with van der Waals surface area (Å²) in [5, 5.41) is 8.31. The number of halogens is 1. The van der Waals surface area contributed by atoms with E-state index < -0.39 is 10.0 Å². The van der Waals surface area contributed by atoms with Crippen LogP contribution in [0.2, 0.25) is 5.02 Å². The van der Waals surface area contributed by atoms with Crippen molar-refractivity contribution in [3.8, 4) is 22.9 Å². The van der Waals surface area contributed by atoms with Crippen LogP contribution >= 0.6 is 11.6 Å². The highest BCUT2D eigenvalue weighted by atomic mass is 35.5. The Morgan fingerprint density at radius 1 is 0.929 bits per heavy atom. The van der Waals surface area contributed by atoms with Gasteiger partial charge in [0, 0.05) is 11.8 Å². The molecule has 2 heterocycles. The van der Waals surface area contributed by atoms with Crippen molar-refractivity contribution in [3.05, 3.63) is 78.1 Å². The lowest BCUT2D eigenvalue weighted by molar-refractivity contribution is 0.584. The van der Waals surface area contributed by atoms with E-state index in [0.717, 1.165) is 5.56 Å². The van der Waals surface area contributed by atoms with Gasteiger partial charge >= 0.3 is 0 Å². The number of pyridine rings is 1. The molecule has 0 aliphatic heterocycles. The Bertz CT molecular complexity index is 1210. The maximum atomic E-state index is 12.7. The van der Waals surface area contributed by atoms with Crippen LogP contribution in [0.1, 0.15) is 0 Å². The average molecular weight is 413 g/mol. The van der Waals surface area contributed by atoms with Gasteiger partial charge in [-0.25, -0.2) is 8.42 Å². The van der Waals surface area contributed by atoms with Crippen molar-refractivity contribution in [2.45, 2.75) is 4.90 Å². The summed E-state index contributed by atoms with van der Waals surface area (Å²) in [7, 11) is -3.84. The van der Waals surface area contributed by atoms with Crippen LogP contribution in [0.25, 0.3) is 22.9 Å². The molecule has 140 valence electrons. The van der Waals surface area contributed by atoms with E-state index in [4.69, 9.17) is 16.0 Å². The van der Waals surface area contributed by atoms with E-state index in [9.17, 15) is 8.42 Å². The number of aromatic nitrogens is 3. The fourth-order valence-corrected chi connectivity index (χ4v) is 3.77. The number of hydrogen-bond acceptors (Lipinski definition) is 6. The summed E-state index contributed by atoms with van der Waals surface area (Å²) >= 11 is 6.24. The molecular formula is C19H13ClN4O3S. The number of hydrogen-bond donors (Lipinski definition) is 1. The molecule has 28 heavy (non-hydrogen) atoms. The van der Waals surface area contributed by atoms with Gasteiger partial charge in [-0.2, -0.15) is 0 Å². The third-order valence-corrected chi connectivity index (χ3v) is 5.55. The predicted octanol–water partition coefficient (Wildman–Crippen LogP) is 4.25. The first kappa shape index (κ1) is 18.1. The van der Waals surface area contributed by atoms with Crippen molar-refractivity contribution < 1.29 is 12.8 Å². The summed E-state index contributed by atoms with van der Waals surface area (Å²) in [6.07, 6.45) is 2.97. The quantitative estimate of drug-likeness (QED) is 0.526. The highest BCUT2D eigenvalue weighted by molar-refractivity contribution is 7.92. The third kappa shape index (κ3) is 3.73.